The van der Waals surface area contributed by atoms with Gasteiger partial charge in [-0.25, -0.2) is 4.39 Å². The number of halogens is 1. The molecule has 0 aromatic heterocycles. The SMILES string of the molecule is Cc1ccccc1O[C@H](C)C(=O)NCCOc1ccc(F)cc1. The molecule has 0 bridgehead atoms. The first kappa shape index (κ1) is 16.8. The minimum atomic E-state index is -0.595. The molecule has 5 heteroatoms. The van der Waals surface area contributed by atoms with Crippen LogP contribution in [0.3, 0.4) is 0 Å². The van der Waals surface area contributed by atoms with Gasteiger partial charge >= 0.3 is 0 Å². The molecule has 0 heterocycles. The van der Waals surface area contributed by atoms with Gasteiger partial charge in [-0.3, -0.25) is 4.79 Å². The van der Waals surface area contributed by atoms with Crippen molar-refractivity contribution in [3.63, 3.8) is 0 Å². The number of hydrogen-bond acceptors (Lipinski definition) is 3. The lowest BCUT2D eigenvalue weighted by atomic mass is 10.2. The van der Waals surface area contributed by atoms with Crippen molar-refractivity contribution in [3.05, 3.63) is 59.9 Å². The van der Waals surface area contributed by atoms with Gasteiger partial charge in [0.15, 0.2) is 6.10 Å². The van der Waals surface area contributed by atoms with E-state index in [1.54, 1.807) is 19.1 Å². The maximum atomic E-state index is 12.8. The highest BCUT2D eigenvalue weighted by Crippen LogP contribution is 2.17. The lowest BCUT2D eigenvalue weighted by Gasteiger charge is -2.16. The second-order valence-electron chi connectivity index (χ2n) is 5.12. The first-order valence-electron chi connectivity index (χ1n) is 7.44. The van der Waals surface area contributed by atoms with E-state index >= 15 is 0 Å². The molecule has 0 radical (unpaired) electrons. The molecule has 0 saturated carbocycles. The molecular weight excluding hydrogens is 297 g/mol. The number of carbonyl (C=O) groups is 1. The van der Waals surface area contributed by atoms with Crippen LogP contribution in [0.25, 0.3) is 0 Å². The number of aryl methyl sites for hydroxylation is 1. The Labute approximate surface area is 135 Å². The summed E-state index contributed by atoms with van der Waals surface area (Å²) in [5, 5.41) is 2.74. The van der Waals surface area contributed by atoms with Crippen molar-refractivity contribution in [1.82, 2.24) is 5.32 Å². The largest absolute Gasteiger partial charge is 0.492 e. The van der Waals surface area contributed by atoms with Crippen molar-refractivity contribution in [2.24, 2.45) is 0 Å². The van der Waals surface area contributed by atoms with Gasteiger partial charge in [0.25, 0.3) is 5.91 Å². The van der Waals surface area contributed by atoms with Crippen LogP contribution in [0.2, 0.25) is 0 Å². The highest BCUT2D eigenvalue weighted by Gasteiger charge is 2.14. The van der Waals surface area contributed by atoms with Crippen molar-refractivity contribution in [3.8, 4) is 11.5 Å². The average molecular weight is 317 g/mol. The van der Waals surface area contributed by atoms with E-state index in [1.807, 2.05) is 31.2 Å². The van der Waals surface area contributed by atoms with E-state index in [-0.39, 0.29) is 11.7 Å². The minimum absolute atomic E-state index is 0.212. The van der Waals surface area contributed by atoms with Crippen molar-refractivity contribution in [2.75, 3.05) is 13.2 Å². The second kappa shape index (κ2) is 8.17. The lowest BCUT2D eigenvalue weighted by Crippen LogP contribution is -2.38. The Morgan fingerprint density at radius 3 is 2.57 bits per heavy atom. The Morgan fingerprint density at radius 2 is 1.87 bits per heavy atom. The first-order valence-corrected chi connectivity index (χ1v) is 7.44. The number of hydrogen-bond donors (Lipinski definition) is 1. The van der Waals surface area contributed by atoms with Gasteiger partial charge in [0.05, 0.1) is 6.54 Å². The third-order valence-electron chi connectivity index (χ3n) is 3.25. The third kappa shape index (κ3) is 5.29. The van der Waals surface area contributed by atoms with Gasteiger partial charge in [0.1, 0.15) is 23.9 Å². The van der Waals surface area contributed by atoms with Gasteiger partial charge in [-0.05, 0) is 49.7 Å². The molecule has 0 unspecified atom stereocenters. The molecule has 0 spiro atoms. The summed E-state index contributed by atoms with van der Waals surface area (Å²) in [5.41, 5.74) is 0.979. The Balaban J connectivity index is 1.72. The van der Waals surface area contributed by atoms with Crippen LogP contribution in [0.15, 0.2) is 48.5 Å². The summed E-state index contributed by atoms with van der Waals surface area (Å²) in [6.45, 7) is 4.27. The molecule has 0 aliphatic heterocycles. The first-order chi connectivity index (χ1) is 11.1. The molecule has 2 aromatic carbocycles. The molecule has 23 heavy (non-hydrogen) atoms. The van der Waals surface area contributed by atoms with Crippen LogP contribution < -0.4 is 14.8 Å². The van der Waals surface area contributed by atoms with E-state index in [0.29, 0.717) is 24.7 Å². The molecule has 2 aromatic rings. The quantitative estimate of drug-likeness (QED) is 0.798. The maximum absolute atomic E-state index is 12.8. The minimum Gasteiger partial charge on any atom is -0.492 e. The van der Waals surface area contributed by atoms with Crippen LogP contribution >= 0.6 is 0 Å². The molecule has 0 aliphatic carbocycles. The normalized spacial score (nSPS) is 11.6. The second-order valence-corrected chi connectivity index (χ2v) is 5.12. The summed E-state index contributed by atoms with van der Waals surface area (Å²) in [7, 11) is 0. The molecule has 2 rings (SSSR count). The van der Waals surface area contributed by atoms with Crippen LogP contribution in [-0.4, -0.2) is 25.2 Å². The molecule has 1 N–H and O–H groups in total. The molecule has 0 saturated heterocycles. The molecular formula is C18H20FNO3. The van der Waals surface area contributed by atoms with Crippen molar-refractivity contribution in [1.29, 1.82) is 0 Å². The van der Waals surface area contributed by atoms with Crippen LogP contribution in [0, 0.1) is 12.7 Å². The van der Waals surface area contributed by atoms with E-state index < -0.39 is 6.10 Å². The molecule has 1 atom stereocenters. The zero-order valence-corrected chi connectivity index (χ0v) is 13.2. The lowest BCUT2D eigenvalue weighted by molar-refractivity contribution is -0.127. The summed E-state index contributed by atoms with van der Waals surface area (Å²) in [5.74, 6) is 0.728. The highest BCUT2D eigenvalue weighted by molar-refractivity contribution is 5.80. The van der Waals surface area contributed by atoms with Gasteiger partial charge in [-0.15, -0.1) is 0 Å². The smallest absolute Gasteiger partial charge is 0.260 e. The Morgan fingerprint density at radius 1 is 1.17 bits per heavy atom. The van der Waals surface area contributed by atoms with E-state index in [2.05, 4.69) is 5.32 Å². The fourth-order valence-corrected chi connectivity index (χ4v) is 1.95. The monoisotopic (exact) mass is 317 g/mol. The van der Waals surface area contributed by atoms with Crippen LogP contribution in [0.5, 0.6) is 11.5 Å². The Kier molecular flexibility index (Phi) is 5.97. The summed E-state index contributed by atoms with van der Waals surface area (Å²) in [6.07, 6.45) is -0.595. The van der Waals surface area contributed by atoms with Crippen molar-refractivity contribution >= 4 is 5.91 Å². The van der Waals surface area contributed by atoms with Gasteiger partial charge in [-0.2, -0.15) is 0 Å². The van der Waals surface area contributed by atoms with Crippen LogP contribution in [0.1, 0.15) is 12.5 Å². The van der Waals surface area contributed by atoms with E-state index in [1.165, 1.54) is 12.1 Å². The van der Waals surface area contributed by atoms with Crippen molar-refractivity contribution in [2.45, 2.75) is 20.0 Å². The zero-order valence-electron chi connectivity index (χ0n) is 13.2. The third-order valence-corrected chi connectivity index (χ3v) is 3.25. The standard InChI is InChI=1S/C18H20FNO3/c1-13-5-3-4-6-17(13)23-14(2)18(21)20-11-12-22-16-9-7-15(19)8-10-16/h3-10,14H,11-12H2,1-2H3,(H,20,21)/t14-/m1/s1. The highest BCUT2D eigenvalue weighted by atomic mass is 19.1. The molecule has 4 nitrogen and oxygen atoms in total. The summed E-state index contributed by atoms with van der Waals surface area (Å²) in [6, 6.07) is 13.3. The molecule has 0 fully saturated rings. The molecule has 122 valence electrons. The van der Waals surface area contributed by atoms with E-state index in [9.17, 15) is 9.18 Å². The number of para-hydroxylation sites is 1. The fraction of sp³-hybridized carbons (Fsp3) is 0.278. The van der Waals surface area contributed by atoms with Crippen LogP contribution in [0.4, 0.5) is 4.39 Å². The van der Waals surface area contributed by atoms with E-state index in [4.69, 9.17) is 9.47 Å². The van der Waals surface area contributed by atoms with Gasteiger partial charge < -0.3 is 14.8 Å². The van der Waals surface area contributed by atoms with Crippen molar-refractivity contribution < 1.29 is 18.7 Å². The predicted molar refractivity (Wildman–Crippen MR) is 86.2 cm³/mol. The fourth-order valence-electron chi connectivity index (χ4n) is 1.95. The average Bonchev–Trinajstić information content (AvgIpc) is 2.55. The molecule has 0 aliphatic rings. The number of carbonyl (C=O) groups excluding carboxylic acids is 1. The van der Waals surface area contributed by atoms with E-state index in [0.717, 1.165) is 5.56 Å². The Hall–Kier alpha value is -2.56. The summed E-state index contributed by atoms with van der Waals surface area (Å²) < 4.78 is 23.8. The number of ether oxygens (including phenoxy) is 2. The Bertz CT molecular complexity index is 643. The predicted octanol–water partition coefficient (Wildman–Crippen LogP) is 3.10. The molecule has 1 amide bonds. The number of rotatable bonds is 7. The number of benzene rings is 2. The number of amides is 1. The van der Waals surface area contributed by atoms with Gasteiger partial charge in [0, 0.05) is 0 Å². The zero-order chi connectivity index (χ0) is 16.7. The summed E-state index contributed by atoms with van der Waals surface area (Å²) in [4.78, 5) is 12.0. The van der Waals surface area contributed by atoms with Gasteiger partial charge in [0.2, 0.25) is 0 Å². The number of nitrogens with one attached hydrogen (secondary N) is 1. The topological polar surface area (TPSA) is 47.6 Å². The van der Waals surface area contributed by atoms with Crippen LogP contribution in [-0.2, 0) is 4.79 Å². The maximum Gasteiger partial charge on any atom is 0.260 e. The van der Waals surface area contributed by atoms with Gasteiger partial charge in [-0.1, -0.05) is 18.2 Å². The summed E-state index contributed by atoms with van der Waals surface area (Å²) >= 11 is 0.